The Kier molecular flexibility index (Phi) is 4.40. The van der Waals surface area contributed by atoms with E-state index in [1.54, 1.807) is 12.1 Å². The van der Waals surface area contributed by atoms with Crippen LogP contribution in [0, 0.1) is 5.82 Å². The van der Waals surface area contributed by atoms with Gasteiger partial charge in [-0.05, 0) is 18.2 Å². The number of rotatable bonds is 3. The highest BCUT2D eigenvalue weighted by Crippen LogP contribution is 2.22. The second kappa shape index (κ2) is 5.38. The van der Waals surface area contributed by atoms with E-state index in [1.165, 1.54) is 13.1 Å². The van der Waals surface area contributed by atoms with Gasteiger partial charge in [0.15, 0.2) is 0 Å². The largest absolute Gasteiger partial charge is 0.323 e. The standard InChI is InChI=1S/C10H13BrFN3O/c1-15(14)10(16)5-9(13)7-4-6(11)2-3-8(7)12/h2-4,9H,5,13-14H2,1H3. The fourth-order valence-corrected chi connectivity index (χ4v) is 1.62. The number of hydrogen-bond donors (Lipinski definition) is 2. The van der Waals surface area contributed by atoms with Crippen LogP contribution in [-0.4, -0.2) is 18.0 Å². The Hall–Kier alpha value is -0.980. The van der Waals surface area contributed by atoms with Gasteiger partial charge in [0.1, 0.15) is 5.82 Å². The van der Waals surface area contributed by atoms with Crippen molar-refractivity contribution in [3.8, 4) is 0 Å². The van der Waals surface area contributed by atoms with Crippen molar-refractivity contribution in [2.24, 2.45) is 11.6 Å². The van der Waals surface area contributed by atoms with Crippen molar-refractivity contribution >= 4 is 21.8 Å². The molecule has 1 rings (SSSR count). The van der Waals surface area contributed by atoms with Crippen LogP contribution in [0.4, 0.5) is 4.39 Å². The zero-order valence-electron chi connectivity index (χ0n) is 8.78. The van der Waals surface area contributed by atoms with Gasteiger partial charge in [0.25, 0.3) is 0 Å². The van der Waals surface area contributed by atoms with Gasteiger partial charge in [0, 0.05) is 29.5 Å². The highest BCUT2D eigenvalue weighted by molar-refractivity contribution is 9.10. The molecule has 4 nitrogen and oxygen atoms in total. The van der Waals surface area contributed by atoms with Crippen LogP contribution in [0.5, 0.6) is 0 Å². The molecule has 1 aromatic rings. The Morgan fingerprint density at radius 3 is 2.81 bits per heavy atom. The average Bonchev–Trinajstić information content (AvgIpc) is 2.21. The molecule has 0 aromatic heterocycles. The fourth-order valence-electron chi connectivity index (χ4n) is 1.24. The molecular weight excluding hydrogens is 277 g/mol. The summed E-state index contributed by atoms with van der Waals surface area (Å²) in [5.41, 5.74) is 6.04. The second-order valence-corrected chi connectivity index (χ2v) is 4.40. The highest BCUT2D eigenvalue weighted by Gasteiger charge is 2.16. The summed E-state index contributed by atoms with van der Waals surface area (Å²) in [4.78, 5) is 11.3. The Morgan fingerprint density at radius 1 is 1.62 bits per heavy atom. The monoisotopic (exact) mass is 289 g/mol. The molecule has 0 saturated carbocycles. The summed E-state index contributed by atoms with van der Waals surface area (Å²) in [6, 6.07) is 3.73. The maximum absolute atomic E-state index is 13.4. The van der Waals surface area contributed by atoms with Gasteiger partial charge in [0.2, 0.25) is 5.91 Å². The topological polar surface area (TPSA) is 72.3 Å². The lowest BCUT2D eigenvalue weighted by Crippen LogP contribution is -2.35. The van der Waals surface area contributed by atoms with Crippen molar-refractivity contribution in [2.45, 2.75) is 12.5 Å². The SMILES string of the molecule is CN(N)C(=O)CC(N)c1cc(Br)ccc1F. The van der Waals surface area contributed by atoms with Crippen LogP contribution in [0.1, 0.15) is 18.0 Å². The molecule has 1 unspecified atom stereocenters. The lowest BCUT2D eigenvalue weighted by atomic mass is 10.0. The Labute approximate surface area is 101 Å². The normalized spacial score (nSPS) is 12.3. The van der Waals surface area contributed by atoms with Gasteiger partial charge >= 0.3 is 0 Å². The van der Waals surface area contributed by atoms with Crippen molar-refractivity contribution < 1.29 is 9.18 Å². The first kappa shape index (κ1) is 13.1. The van der Waals surface area contributed by atoms with E-state index in [1.807, 2.05) is 0 Å². The van der Waals surface area contributed by atoms with E-state index in [0.717, 1.165) is 5.01 Å². The third-order valence-electron chi connectivity index (χ3n) is 2.15. The lowest BCUT2D eigenvalue weighted by Gasteiger charge is -2.15. The molecule has 88 valence electrons. The maximum Gasteiger partial charge on any atom is 0.238 e. The zero-order valence-corrected chi connectivity index (χ0v) is 10.4. The summed E-state index contributed by atoms with van der Waals surface area (Å²) in [6.07, 6.45) is -0.0274. The summed E-state index contributed by atoms with van der Waals surface area (Å²) < 4.78 is 14.1. The molecule has 1 atom stereocenters. The number of nitrogens with zero attached hydrogens (tertiary/aromatic N) is 1. The van der Waals surface area contributed by atoms with E-state index in [0.29, 0.717) is 10.0 Å². The minimum Gasteiger partial charge on any atom is -0.323 e. The second-order valence-electron chi connectivity index (χ2n) is 3.48. The molecule has 0 saturated heterocycles. The molecule has 0 aliphatic heterocycles. The van der Waals surface area contributed by atoms with Crippen LogP contribution in [0.3, 0.4) is 0 Å². The van der Waals surface area contributed by atoms with Crippen molar-refractivity contribution in [1.29, 1.82) is 0 Å². The van der Waals surface area contributed by atoms with Crippen LogP contribution in [0.15, 0.2) is 22.7 Å². The summed E-state index contributed by atoms with van der Waals surface area (Å²) in [7, 11) is 1.42. The van der Waals surface area contributed by atoms with Crippen molar-refractivity contribution in [2.75, 3.05) is 7.05 Å². The first-order chi connectivity index (χ1) is 7.41. The smallest absolute Gasteiger partial charge is 0.238 e. The molecule has 0 aliphatic rings. The van der Waals surface area contributed by atoms with Gasteiger partial charge < -0.3 is 5.73 Å². The minimum atomic E-state index is -0.698. The maximum atomic E-state index is 13.4. The molecule has 4 N–H and O–H groups in total. The summed E-state index contributed by atoms with van der Waals surface area (Å²) >= 11 is 3.22. The number of carbonyl (C=O) groups excluding carboxylic acids is 1. The number of hydrogen-bond acceptors (Lipinski definition) is 3. The van der Waals surface area contributed by atoms with Gasteiger partial charge in [-0.3, -0.25) is 9.80 Å². The number of halogens is 2. The van der Waals surface area contributed by atoms with Crippen molar-refractivity contribution in [3.63, 3.8) is 0 Å². The zero-order chi connectivity index (χ0) is 12.3. The minimum absolute atomic E-state index is 0.0274. The predicted molar refractivity (Wildman–Crippen MR) is 62.6 cm³/mol. The molecule has 0 heterocycles. The Balaban J connectivity index is 2.84. The number of carbonyl (C=O) groups is 1. The van der Waals surface area contributed by atoms with E-state index in [2.05, 4.69) is 15.9 Å². The van der Waals surface area contributed by atoms with E-state index in [4.69, 9.17) is 11.6 Å². The predicted octanol–water partition coefficient (Wildman–Crippen LogP) is 1.31. The van der Waals surface area contributed by atoms with Crippen molar-refractivity contribution in [3.05, 3.63) is 34.1 Å². The molecule has 1 amide bonds. The highest BCUT2D eigenvalue weighted by atomic mass is 79.9. The fraction of sp³-hybridized carbons (Fsp3) is 0.300. The summed E-state index contributed by atoms with van der Waals surface area (Å²) in [5, 5.41) is 0.940. The number of nitrogens with two attached hydrogens (primary N) is 2. The molecular formula is C10H13BrFN3O. The third-order valence-corrected chi connectivity index (χ3v) is 2.64. The molecule has 0 fully saturated rings. The average molecular weight is 290 g/mol. The van der Waals surface area contributed by atoms with Crippen LogP contribution in [0.2, 0.25) is 0 Å². The number of hydrazine groups is 1. The van der Waals surface area contributed by atoms with Gasteiger partial charge in [0.05, 0.1) is 0 Å². The summed E-state index contributed by atoms with van der Waals surface area (Å²) in [6.45, 7) is 0. The molecule has 6 heteroatoms. The van der Waals surface area contributed by atoms with E-state index in [9.17, 15) is 9.18 Å². The molecule has 0 spiro atoms. The Morgan fingerprint density at radius 2 is 2.25 bits per heavy atom. The lowest BCUT2D eigenvalue weighted by molar-refractivity contribution is -0.130. The van der Waals surface area contributed by atoms with Gasteiger partial charge in [-0.15, -0.1) is 0 Å². The molecule has 16 heavy (non-hydrogen) atoms. The molecule has 0 bridgehead atoms. The molecule has 1 aromatic carbocycles. The van der Waals surface area contributed by atoms with Crippen LogP contribution >= 0.6 is 15.9 Å². The third kappa shape index (κ3) is 3.26. The van der Waals surface area contributed by atoms with E-state index in [-0.39, 0.29) is 12.3 Å². The van der Waals surface area contributed by atoms with Gasteiger partial charge in [-0.25, -0.2) is 10.2 Å². The first-order valence-electron chi connectivity index (χ1n) is 4.63. The van der Waals surface area contributed by atoms with E-state index >= 15 is 0 Å². The first-order valence-corrected chi connectivity index (χ1v) is 5.43. The van der Waals surface area contributed by atoms with E-state index < -0.39 is 11.9 Å². The molecule has 0 radical (unpaired) electrons. The van der Waals surface area contributed by atoms with Gasteiger partial charge in [-0.1, -0.05) is 15.9 Å². The van der Waals surface area contributed by atoms with Crippen molar-refractivity contribution in [1.82, 2.24) is 5.01 Å². The quantitative estimate of drug-likeness (QED) is 0.501. The number of amides is 1. The summed E-state index contributed by atoms with van der Waals surface area (Å²) in [5.74, 6) is 4.49. The van der Waals surface area contributed by atoms with Crippen LogP contribution in [0.25, 0.3) is 0 Å². The molecule has 0 aliphatic carbocycles. The number of benzene rings is 1. The van der Waals surface area contributed by atoms with Gasteiger partial charge in [-0.2, -0.15) is 0 Å². The van der Waals surface area contributed by atoms with Crippen LogP contribution < -0.4 is 11.6 Å². The van der Waals surface area contributed by atoms with Crippen LogP contribution in [-0.2, 0) is 4.79 Å². The Bertz CT molecular complexity index is 398.